The topological polar surface area (TPSA) is 93.1 Å². The lowest BCUT2D eigenvalue weighted by Gasteiger charge is -2.32. The summed E-state index contributed by atoms with van der Waals surface area (Å²) in [5, 5.41) is 3.09. The fourth-order valence-electron chi connectivity index (χ4n) is 2.79. The number of nitrogens with zero attached hydrogens (tertiary/aromatic N) is 5. The summed E-state index contributed by atoms with van der Waals surface area (Å²) in [6.07, 6.45) is 10.2. The number of methoxy groups -OCH3 is 1. The Kier molecular flexibility index (Phi) is 5.27. The van der Waals surface area contributed by atoms with E-state index in [9.17, 15) is 4.79 Å². The Morgan fingerprint density at radius 2 is 2.17 bits per heavy atom. The predicted octanol–water partition coefficient (Wildman–Crippen LogP) is 1.36. The first kappa shape index (κ1) is 16.3. The molecule has 0 aliphatic carbocycles. The molecule has 0 bridgehead atoms. The molecule has 0 unspecified atom stereocenters. The van der Waals surface area contributed by atoms with E-state index in [0.29, 0.717) is 18.2 Å². The summed E-state index contributed by atoms with van der Waals surface area (Å²) in [5.74, 6) is 1.43. The predicted molar refractivity (Wildman–Crippen MR) is 87.8 cm³/mol. The first-order valence-electron chi connectivity index (χ1n) is 7.88. The van der Waals surface area contributed by atoms with Crippen molar-refractivity contribution in [2.45, 2.75) is 18.8 Å². The molecule has 2 aromatic rings. The number of carbonyl (C=O) groups is 1. The second kappa shape index (κ2) is 7.78. The SMILES string of the molecule is COCC(=O)N1CCC[C@H](c2cncc(Nc3cnccn3)n2)C1. The third kappa shape index (κ3) is 4.02. The minimum absolute atomic E-state index is 0.0176. The first-order chi connectivity index (χ1) is 11.8. The number of carbonyl (C=O) groups excluding carboxylic acids is 1. The lowest BCUT2D eigenvalue weighted by molar-refractivity contribution is -0.136. The van der Waals surface area contributed by atoms with E-state index in [1.807, 2.05) is 4.90 Å². The molecule has 1 aliphatic heterocycles. The molecule has 24 heavy (non-hydrogen) atoms. The molecule has 1 atom stereocenters. The van der Waals surface area contributed by atoms with Gasteiger partial charge in [0, 0.05) is 44.7 Å². The maximum absolute atomic E-state index is 12.0. The molecule has 0 saturated carbocycles. The second-order valence-electron chi connectivity index (χ2n) is 5.66. The van der Waals surface area contributed by atoms with Gasteiger partial charge in [0.05, 0.1) is 18.1 Å². The number of likely N-dealkylation sites (tertiary alicyclic amines) is 1. The molecule has 8 heteroatoms. The van der Waals surface area contributed by atoms with Crippen molar-refractivity contribution in [1.82, 2.24) is 24.8 Å². The van der Waals surface area contributed by atoms with Gasteiger partial charge in [0.1, 0.15) is 18.2 Å². The highest BCUT2D eigenvalue weighted by atomic mass is 16.5. The van der Waals surface area contributed by atoms with Crippen LogP contribution in [0, 0.1) is 0 Å². The largest absolute Gasteiger partial charge is 0.375 e. The van der Waals surface area contributed by atoms with Gasteiger partial charge in [-0.25, -0.2) is 9.97 Å². The van der Waals surface area contributed by atoms with Gasteiger partial charge in [0.2, 0.25) is 5.91 Å². The molecule has 1 amide bonds. The Balaban J connectivity index is 1.70. The summed E-state index contributed by atoms with van der Waals surface area (Å²) in [4.78, 5) is 30.9. The Labute approximate surface area is 140 Å². The highest BCUT2D eigenvalue weighted by Crippen LogP contribution is 2.26. The molecule has 0 spiro atoms. The number of piperidine rings is 1. The molecule has 1 fully saturated rings. The molecule has 0 radical (unpaired) electrons. The van der Waals surface area contributed by atoms with Gasteiger partial charge in [-0.05, 0) is 12.8 Å². The average Bonchev–Trinajstić information content (AvgIpc) is 2.63. The molecule has 1 aliphatic rings. The van der Waals surface area contributed by atoms with Gasteiger partial charge in [-0.3, -0.25) is 14.8 Å². The zero-order chi connectivity index (χ0) is 16.8. The van der Waals surface area contributed by atoms with Crippen molar-refractivity contribution >= 4 is 17.5 Å². The number of nitrogens with one attached hydrogen (secondary N) is 1. The van der Waals surface area contributed by atoms with Crippen molar-refractivity contribution < 1.29 is 9.53 Å². The Morgan fingerprint density at radius 1 is 1.29 bits per heavy atom. The van der Waals surface area contributed by atoms with Crippen LogP contribution < -0.4 is 5.32 Å². The van der Waals surface area contributed by atoms with E-state index in [1.54, 1.807) is 31.0 Å². The minimum atomic E-state index is 0.0176. The summed E-state index contributed by atoms with van der Waals surface area (Å²) in [7, 11) is 1.53. The number of hydrogen-bond acceptors (Lipinski definition) is 7. The van der Waals surface area contributed by atoms with Crippen molar-refractivity contribution in [3.05, 3.63) is 36.7 Å². The quantitative estimate of drug-likeness (QED) is 0.885. The fourth-order valence-corrected chi connectivity index (χ4v) is 2.79. The zero-order valence-electron chi connectivity index (χ0n) is 13.6. The first-order valence-corrected chi connectivity index (χ1v) is 7.88. The molecule has 1 N–H and O–H groups in total. The molecule has 0 aromatic carbocycles. The summed E-state index contributed by atoms with van der Waals surface area (Å²) >= 11 is 0. The standard InChI is InChI=1S/C16H20N6O2/c1-24-11-16(23)22-6-2-3-12(10-22)13-7-18-9-15(20-13)21-14-8-17-4-5-19-14/h4-5,7-9,12H,2-3,6,10-11H2,1H3,(H,19,20,21)/t12-/m0/s1. The Bertz CT molecular complexity index is 681. The number of anilines is 2. The maximum Gasteiger partial charge on any atom is 0.248 e. The number of rotatable bonds is 5. The van der Waals surface area contributed by atoms with Crippen molar-refractivity contribution in [2.24, 2.45) is 0 Å². The van der Waals surface area contributed by atoms with Crippen LogP contribution in [0.3, 0.4) is 0 Å². The van der Waals surface area contributed by atoms with Crippen LogP contribution in [0.4, 0.5) is 11.6 Å². The molecule has 2 aromatic heterocycles. The number of ether oxygens (including phenoxy) is 1. The van der Waals surface area contributed by atoms with Gasteiger partial charge in [-0.15, -0.1) is 0 Å². The number of aromatic nitrogens is 4. The third-order valence-electron chi connectivity index (χ3n) is 3.93. The van der Waals surface area contributed by atoms with E-state index >= 15 is 0 Å². The number of amides is 1. The van der Waals surface area contributed by atoms with Crippen LogP contribution in [0.5, 0.6) is 0 Å². The van der Waals surface area contributed by atoms with Gasteiger partial charge < -0.3 is 15.0 Å². The summed E-state index contributed by atoms with van der Waals surface area (Å²) in [6, 6.07) is 0. The van der Waals surface area contributed by atoms with Crippen LogP contribution in [0.1, 0.15) is 24.5 Å². The second-order valence-corrected chi connectivity index (χ2v) is 5.66. The van der Waals surface area contributed by atoms with E-state index in [1.165, 1.54) is 7.11 Å². The monoisotopic (exact) mass is 328 g/mol. The normalized spacial score (nSPS) is 17.5. The van der Waals surface area contributed by atoms with Crippen LogP contribution in [-0.2, 0) is 9.53 Å². The lowest BCUT2D eigenvalue weighted by Crippen LogP contribution is -2.41. The smallest absolute Gasteiger partial charge is 0.248 e. The minimum Gasteiger partial charge on any atom is -0.375 e. The van der Waals surface area contributed by atoms with E-state index in [2.05, 4.69) is 25.3 Å². The van der Waals surface area contributed by atoms with E-state index < -0.39 is 0 Å². The van der Waals surface area contributed by atoms with Crippen molar-refractivity contribution in [1.29, 1.82) is 0 Å². The van der Waals surface area contributed by atoms with E-state index in [-0.39, 0.29) is 18.4 Å². The lowest BCUT2D eigenvalue weighted by atomic mass is 9.95. The Hall–Kier alpha value is -2.61. The van der Waals surface area contributed by atoms with Crippen LogP contribution in [0.25, 0.3) is 0 Å². The van der Waals surface area contributed by atoms with Gasteiger partial charge >= 0.3 is 0 Å². The van der Waals surface area contributed by atoms with Crippen molar-refractivity contribution in [2.75, 3.05) is 32.1 Å². The molecule has 3 rings (SSSR count). The molecule has 8 nitrogen and oxygen atoms in total. The van der Waals surface area contributed by atoms with Crippen molar-refractivity contribution in [3.8, 4) is 0 Å². The molecular formula is C16H20N6O2. The fraction of sp³-hybridized carbons (Fsp3) is 0.438. The van der Waals surface area contributed by atoms with Crippen LogP contribution in [0.15, 0.2) is 31.0 Å². The van der Waals surface area contributed by atoms with Gasteiger partial charge in [-0.1, -0.05) is 0 Å². The molecular weight excluding hydrogens is 308 g/mol. The van der Waals surface area contributed by atoms with Crippen LogP contribution in [0.2, 0.25) is 0 Å². The van der Waals surface area contributed by atoms with Crippen molar-refractivity contribution in [3.63, 3.8) is 0 Å². The Morgan fingerprint density at radius 3 is 2.96 bits per heavy atom. The van der Waals surface area contributed by atoms with Crippen LogP contribution in [-0.4, -0.2) is 57.5 Å². The summed E-state index contributed by atoms with van der Waals surface area (Å²) in [5.41, 5.74) is 0.874. The van der Waals surface area contributed by atoms with Crippen LogP contribution >= 0.6 is 0 Å². The number of hydrogen-bond donors (Lipinski definition) is 1. The highest BCUT2D eigenvalue weighted by molar-refractivity contribution is 5.77. The van der Waals surface area contributed by atoms with Gasteiger partial charge in [-0.2, -0.15) is 0 Å². The summed E-state index contributed by atoms with van der Waals surface area (Å²) in [6.45, 7) is 1.53. The third-order valence-corrected chi connectivity index (χ3v) is 3.93. The highest BCUT2D eigenvalue weighted by Gasteiger charge is 2.25. The molecule has 3 heterocycles. The molecule has 1 saturated heterocycles. The maximum atomic E-state index is 12.0. The molecule has 126 valence electrons. The zero-order valence-corrected chi connectivity index (χ0v) is 13.6. The van der Waals surface area contributed by atoms with E-state index in [4.69, 9.17) is 4.74 Å². The summed E-state index contributed by atoms with van der Waals surface area (Å²) < 4.78 is 4.94. The van der Waals surface area contributed by atoms with Gasteiger partial charge in [0.25, 0.3) is 0 Å². The van der Waals surface area contributed by atoms with E-state index in [0.717, 1.165) is 25.1 Å². The van der Waals surface area contributed by atoms with Gasteiger partial charge in [0.15, 0.2) is 0 Å². The average molecular weight is 328 g/mol.